The molecule has 6 aromatic rings. The molecule has 5 nitrogen and oxygen atoms in total. The van der Waals surface area contributed by atoms with Crippen LogP contribution in [-0.4, -0.2) is 13.1 Å². The topological polar surface area (TPSA) is 63.3 Å². The minimum absolute atomic E-state index is 0.0422. The number of para-hydroxylation sites is 2. The summed E-state index contributed by atoms with van der Waals surface area (Å²) in [6.07, 6.45) is 16.2. The lowest BCUT2D eigenvalue weighted by Gasteiger charge is -2.37. The average molecular weight is 711 g/mol. The Morgan fingerprint density at radius 2 is 1.09 bits per heavy atom. The molecule has 0 unspecified atom stereocenters. The second-order valence-corrected chi connectivity index (χ2v) is 14.2. The number of allylic oxidation sites excluding steroid dienone is 6. The SMILES string of the molecule is N#CC(C#N)=C1C=C(/C=C/c2cc3c4c(c2)CCCN4CCC3)OC(/C=C/c2c3ccccc3c(N(c3ccccc3)c3ccccc3)c3ccccc23)=C1. The molecule has 0 N–H and O–H groups in total. The standard InChI is InChI=1S/C50H38N4O/c51-33-39(34-52)38-31-42(24-23-35-29-36-13-11-27-53-28-12-14-37(30-35)49(36)53)55-43(32-38)25-26-46-44-19-7-9-21-47(44)50(48-22-10-8-20-45(46)48)54(40-15-3-1-4-16-40)41-17-5-2-6-18-41/h1-10,15-26,29-32H,11-14,27-28H2/b24-23+,26-25+. The van der Waals surface area contributed by atoms with Crippen LogP contribution in [0.25, 0.3) is 33.7 Å². The van der Waals surface area contributed by atoms with Gasteiger partial charge >= 0.3 is 0 Å². The third-order valence-corrected chi connectivity index (χ3v) is 10.7. The lowest BCUT2D eigenvalue weighted by molar-refractivity contribution is 0.332. The molecular formula is C50H38N4O. The Kier molecular flexibility index (Phi) is 9.04. The van der Waals surface area contributed by atoms with E-state index in [2.05, 4.69) is 143 Å². The van der Waals surface area contributed by atoms with Crippen molar-refractivity contribution in [3.63, 3.8) is 0 Å². The van der Waals surface area contributed by atoms with E-state index in [0.29, 0.717) is 17.1 Å². The van der Waals surface area contributed by atoms with Crippen LogP contribution in [0.15, 0.2) is 168 Å². The quantitative estimate of drug-likeness (QED) is 0.122. The van der Waals surface area contributed by atoms with E-state index in [9.17, 15) is 10.5 Å². The van der Waals surface area contributed by atoms with E-state index in [1.54, 1.807) is 12.2 Å². The zero-order chi connectivity index (χ0) is 37.1. The maximum Gasteiger partial charge on any atom is 0.137 e. The Balaban J connectivity index is 1.13. The number of hydrogen-bond acceptors (Lipinski definition) is 5. The van der Waals surface area contributed by atoms with Crippen molar-refractivity contribution in [2.24, 2.45) is 0 Å². The van der Waals surface area contributed by atoms with Gasteiger partial charge in [-0.25, -0.2) is 0 Å². The van der Waals surface area contributed by atoms with Crippen LogP contribution in [0, 0.1) is 22.7 Å². The highest BCUT2D eigenvalue weighted by Crippen LogP contribution is 2.46. The summed E-state index contributed by atoms with van der Waals surface area (Å²) in [7, 11) is 0. The fourth-order valence-electron chi connectivity index (χ4n) is 8.40. The van der Waals surface area contributed by atoms with E-state index in [1.165, 1.54) is 29.7 Å². The molecule has 264 valence electrons. The summed E-state index contributed by atoms with van der Waals surface area (Å²) in [5.41, 5.74) is 10.3. The van der Waals surface area contributed by atoms with Crippen molar-refractivity contribution in [3.8, 4) is 12.1 Å². The second-order valence-electron chi connectivity index (χ2n) is 14.2. The fraction of sp³-hybridized carbons (Fsp3) is 0.120. The van der Waals surface area contributed by atoms with Gasteiger partial charge in [-0.2, -0.15) is 10.5 Å². The van der Waals surface area contributed by atoms with E-state index in [0.717, 1.165) is 75.7 Å². The molecule has 0 saturated carbocycles. The summed E-state index contributed by atoms with van der Waals surface area (Å²) in [5, 5.41) is 24.1. The molecule has 0 fully saturated rings. The average Bonchev–Trinajstić information content (AvgIpc) is 3.24. The molecule has 6 aromatic carbocycles. The Labute approximate surface area is 321 Å². The molecule has 0 radical (unpaired) electrons. The monoisotopic (exact) mass is 710 g/mol. The molecule has 5 heteroatoms. The second kappa shape index (κ2) is 14.7. The van der Waals surface area contributed by atoms with Gasteiger partial charge in [-0.05, 0) is 119 Å². The van der Waals surface area contributed by atoms with Crippen molar-refractivity contribution in [2.75, 3.05) is 22.9 Å². The van der Waals surface area contributed by atoms with Crippen molar-refractivity contribution < 1.29 is 4.74 Å². The first-order valence-corrected chi connectivity index (χ1v) is 18.9. The van der Waals surface area contributed by atoms with Crippen LogP contribution in [-0.2, 0) is 17.6 Å². The lowest BCUT2D eigenvalue weighted by Crippen LogP contribution is -2.34. The van der Waals surface area contributed by atoms with Crippen LogP contribution >= 0.6 is 0 Å². The molecule has 3 heterocycles. The first-order chi connectivity index (χ1) is 27.2. The van der Waals surface area contributed by atoms with Crippen LogP contribution in [0.2, 0.25) is 0 Å². The Bertz CT molecular complexity index is 2560. The van der Waals surface area contributed by atoms with Gasteiger partial charge in [0.25, 0.3) is 0 Å². The van der Waals surface area contributed by atoms with Crippen molar-refractivity contribution in [1.29, 1.82) is 10.5 Å². The van der Waals surface area contributed by atoms with Gasteiger partial charge in [0.2, 0.25) is 0 Å². The number of anilines is 4. The van der Waals surface area contributed by atoms with E-state index in [1.807, 2.05) is 24.3 Å². The largest absolute Gasteiger partial charge is 0.457 e. The number of aryl methyl sites for hydroxylation is 2. The summed E-state index contributed by atoms with van der Waals surface area (Å²) in [6, 6.07) is 46.8. The maximum absolute atomic E-state index is 9.86. The molecule has 55 heavy (non-hydrogen) atoms. The summed E-state index contributed by atoms with van der Waals surface area (Å²) in [6.45, 7) is 2.28. The summed E-state index contributed by atoms with van der Waals surface area (Å²) < 4.78 is 6.48. The van der Waals surface area contributed by atoms with Gasteiger partial charge in [0.15, 0.2) is 0 Å². The van der Waals surface area contributed by atoms with Crippen molar-refractivity contribution in [1.82, 2.24) is 0 Å². The molecule has 0 bridgehead atoms. The minimum Gasteiger partial charge on any atom is -0.457 e. The molecule has 0 amide bonds. The fourth-order valence-corrected chi connectivity index (χ4v) is 8.40. The van der Waals surface area contributed by atoms with Crippen LogP contribution < -0.4 is 9.80 Å². The molecule has 9 rings (SSSR count). The summed E-state index contributed by atoms with van der Waals surface area (Å²) in [4.78, 5) is 4.89. The van der Waals surface area contributed by atoms with Gasteiger partial charge in [0.1, 0.15) is 29.2 Å². The van der Waals surface area contributed by atoms with Crippen LogP contribution in [0.1, 0.15) is 35.1 Å². The van der Waals surface area contributed by atoms with Gasteiger partial charge in [-0.1, -0.05) is 97.1 Å². The number of fused-ring (bicyclic) bond motifs is 2. The number of hydrogen-bond donors (Lipinski definition) is 0. The predicted molar refractivity (Wildman–Crippen MR) is 225 cm³/mol. The Hall–Kier alpha value is -7.08. The molecule has 0 spiro atoms. The highest BCUT2D eigenvalue weighted by molar-refractivity contribution is 6.18. The predicted octanol–water partition coefficient (Wildman–Crippen LogP) is 12.0. The van der Waals surface area contributed by atoms with E-state index < -0.39 is 0 Å². The molecule has 3 aliphatic rings. The smallest absolute Gasteiger partial charge is 0.137 e. The number of rotatable bonds is 7. The van der Waals surface area contributed by atoms with Crippen molar-refractivity contribution in [3.05, 3.63) is 191 Å². The van der Waals surface area contributed by atoms with Crippen molar-refractivity contribution >= 4 is 56.4 Å². The van der Waals surface area contributed by atoms with E-state index >= 15 is 0 Å². The number of nitriles is 2. The molecule has 3 aliphatic heterocycles. The first kappa shape index (κ1) is 33.7. The van der Waals surface area contributed by atoms with E-state index in [4.69, 9.17) is 4.74 Å². The molecule has 0 aromatic heterocycles. The summed E-state index contributed by atoms with van der Waals surface area (Å²) in [5.74, 6) is 1.11. The lowest BCUT2D eigenvalue weighted by atomic mass is 9.90. The Morgan fingerprint density at radius 1 is 0.600 bits per heavy atom. The zero-order valence-electron chi connectivity index (χ0n) is 30.5. The zero-order valence-corrected chi connectivity index (χ0v) is 30.5. The highest BCUT2D eigenvalue weighted by atomic mass is 16.5. The van der Waals surface area contributed by atoms with Crippen LogP contribution in [0.4, 0.5) is 22.7 Å². The maximum atomic E-state index is 9.86. The molecule has 0 aliphatic carbocycles. The third kappa shape index (κ3) is 6.48. The molecule has 0 saturated heterocycles. The van der Waals surface area contributed by atoms with Crippen LogP contribution in [0.5, 0.6) is 0 Å². The highest BCUT2D eigenvalue weighted by Gasteiger charge is 2.24. The summed E-state index contributed by atoms with van der Waals surface area (Å²) >= 11 is 0. The normalized spacial score (nSPS) is 14.9. The number of nitrogens with zero attached hydrogens (tertiary/aromatic N) is 4. The first-order valence-electron chi connectivity index (χ1n) is 18.9. The van der Waals surface area contributed by atoms with Gasteiger partial charge in [0.05, 0.1) is 5.69 Å². The van der Waals surface area contributed by atoms with Gasteiger partial charge < -0.3 is 14.5 Å². The third-order valence-electron chi connectivity index (χ3n) is 10.7. The number of benzene rings is 6. The van der Waals surface area contributed by atoms with Crippen molar-refractivity contribution in [2.45, 2.75) is 25.7 Å². The van der Waals surface area contributed by atoms with Crippen LogP contribution in [0.3, 0.4) is 0 Å². The number of ether oxygens (including phenoxy) is 1. The van der Waals surface area contributed by atoms with Gasteiger partial charge in [-0.15, -0.1) is 0 Å². The van der Waals surface area contributed by atoms with Gasteiger partial charge in [-0.3, -0.25) is 0 Å². The molecule has 0 atom stereocenters. The molecular weight excluding hydrogens is 673 g/mol. The Morgan fingerprint density at radius 3 is 1.62 bits per heavy atom. The van der Waals surface area contributed by atoms with Gasteiger partial charge in [0, 0.05) is 46.5 Å². The van der Waals surface area contributed by atoms with E-state index in [-0.39, 0.29) is 5.57 Å². The minimum atomic E-state index is 0.0422.